The molecule has 1 aromatic heterocycles. The number of pyridine rings is 1. The first-order valence-electron chi connectivity index (χ1n) is 12.7. The number of aryl methyl sites for hydroxylation is 2. The molecule has 0 N–H and O–H groups in total. The highest BCUT2D eigenvalue weighted by Gasteiger charge is 2.26. The number of rotatable bonds is 15. The van der Waals surface area contributed by atoms with Gasteiger partial charge in [-0.25, -0.2) is 4.98 Å². The van der Waals surface area contributed by atoms with Crippen molar-refractivity contribution in [2.75, 3.05) is 0 Å². The lowest BCUT2D eigenvalue weighted by Gasteiger charge is -2.30. The zero-order valence-electron chi connectivity index (χ0n) is 21.7. The largest absolute Gasteiger partial charge is 0.471 e. The molecule has 1 rings (SSSR count). The number of hydrogen-bond acceptors (Lipinski definition) is 2. The third-order valence-corrected chi connectivity index (χ3v) is 6.98. The Morgan fingerprint density at radius 3 is 1.93 bits per heavy atom. The minimum Gasteiger partial charge on any atom is -0.471 e. The Labute approximate surface area is 188 Å². The zero-order chi connectivity index (χ0) is 22.7. The Morgan fingerprint density at radius 1 is 0.867 bits per heavy atom. The Morgan fingerprint density at radius 2 is 1.40 bits per heavy atom. The molecule has 0 aliphatic carbocycles. The molecule has 0 radical (unpaired) electrons. The Kier molecular flexibility index (Phi) is 12.0. The summed E-state index contributed by atoms with van der Waals surface area (Å²) < 4.78 is 6.48. The Bertz CT molecular complexity index is 609. The first-order chi connectivity index (χ1) is 14.1. The summed E-state index contributed by atoms with van der Waals surface area (Å²) in [7, 11) is 0. The van der Waals surface area contributed by atoms with Gasteiger partial charge in [0.1, 0.15) is 5.60 Å². The van der Waals surface area contributed by atoms with Crippen LogP contribution in [-0.2, 0) is 0 Å². The van der Waals surface area contributed by atoms with E-state index >= 15 is 0 Å². The van der Waals surface area contributed by atoms with E-state index in [4.69, 9.17) is 4.74 Å². The highest BCUT2D eigenvalue weighted by Crippen LogP contribution is 2.30. The molecule has 1 heterocycles. The van der Waals surface area contributed by atoms with Gasteiger partial charge in [-0.05, 0) is 76.3 Å². The highest BCUT2D eigenvalue weighted by atomic mass is 16.5. The van der Waals surface area contributed by atoms with Crippen LogP contribution in [0.5, 0.6) is 5.88 Å². The number of ether oxygens (including phenoxy) is 1. The molecule has 0 aromatic carbocycles. The maximum Gasteiger partial charge on any atom is 0.217 e. The van der Waals surface area contributed by atoms with Gasteiger partial charge in [0.15, 0.2) is 0 Å². The SMILES string of the molecule is CCC(C)(CCCC(C)CCCC(C)CCCC(C)C)Oc1nc(C)cc(C)c1C. The predicted octanol–water partition coefficient (Wildman–Crippen LogP) is 8.99. The van der Waals surface area contributed by atoms with Gasteiger partial charge >= 0.3 is 0 Å². The van der Waals surface area contributed by atoms with Gasteiger partial charge in [-0.2, -0.15) is 0 Å². The predicted molar refractivity (Wildman–Crippen MR) is 132 cm³/mol. The normalized spacial score (nSPS) is 15.8. The van der Waals surface area contributed by atoms with Crippen LogP contribution in [0.1, 0.15) is 123 Å². The fourth-order valence-electron chi connectivity index (χ4n) is 4.30. The lowest BCUT2D eigenvalue weighted by molar-refractivity contribution is 0.0644. The van der Waals surface area contributed by atoms with Crippen LogP contribution < -0.4 is 4.74 Å². The minimum atomic E-state index is -0.122. The number of nitrogens with zero attached hydrogens (tertiary/aromatic N) is 1. The van der Waals surface area contributed by atoms with E-state index in [1.165, 1.54) is 62.5 Å². The molecule has 0 bridgehead atoms. The van der Waals surface area contributed by atoms with Gasteiger partial charge in [0.25, 0.3) is 0 Å². The summed E-state index contributed by atoms with van der Waals surface area (Å²) in [4.78, 5) is 4.68. The van der Waals surface area contributed by atoms with E-state index in [-0.39, 0.29) is 5.60 Å². The van der Waals surface area contributed by atoms with Crippen LogP contribution in [0.25, 0.3) is 0 Å². The van der Waals surface area contributed by atoms with Crippen molar-refractivity contribution in [3.05, 3.63) is 22.9 Å². The molecule has 0 saturated heterocycles. The summed E-state index contributed by atoms with van der Waals surface area (Å²) >= 11 is 0. The summed E-state index contributed by atoms with van der Waals surface area (Å²) in [5, 5.41) is 0. The van der Waals surface area contributed by atoms with E-state index in [9.17, 15) is 0 Å². The topological polar surface area (TPSA) is 22.1 Å². The Balaban J connectivity index is 2.36. The molecule has 0 amide bonds. The van der Waals surface area contributed by atoms with E-state index in [0.29, 0.717) is 0 Å². The van der Waals surface area contributed by atoms with Crippen LogP contribution in [0.3, 0.4) is 0 Å². The maximum atomic E-state index is 6.48. The van der Waals surface area contributed by atoms with Crippen molar-refractivity contribution in [2.45, 2.75) is 132 Å². The monoisotopic (exact) mass is 417 g/mol. The zero-order valence-corrected chi connectivity index (χ0v) is 21.7. The van der Waals surface area contributed by atoms with Gasteiger partial charge in [-0.15, -0.1) is 0 Å². The van der Waals surface area contributed by atoms with E-state index in [0.717, 1.165) is 42.2 Å². The van der Waals surface area contributed by atoms with Gasteiger partial charge in [0, 0.05) is 11.3 Å². The van der Waals surface area contributed by atoms with E-state index in [1.807, 2.05) is 0 Å². The van der Waals surface area contributed by atoms with Crippen molar-refractivity contribution >= 4 is 0 Å². The average Bonchev–Trinajstić information content (AvgIpc) is 2.65. The number of aromatic nitrogens is 1. The lowest BCUT2D eigenvalue weighted by atomic mass is 9.89. The quantitative estimate of drug-likeness (QED) is 0.284. The second-order valence-electron chi connectivity index (χ2n) is 10.8. The summed E-state index contributed by atoms with van der Waals surface area (Å²) in [5.41, 5.74) is 3.36. The van der Waals surface area contributed by atoms with Crippen molar-refractivity contribution in [3.8, 4) is 5.88 Å². The Hall–Kier alpha value is -1.05. The lowest BCUT2D eigenvalue weighted by Crippen LogP contribution is -2.32. The van der Waals surface area contributed by atoms with Crippen LogP contribution in [0.4, 0.5) is 0 Å². The summed E-state index contributed by atoms with van der Waals surface area (Å²) in [6, 6.07) is 2.14. The average molecular weight is 418 g/mol. The van der Waals surface area contributed by atoms with Crippen molar-refractivity contribution in [2.24, 2.45) is 17.8 Å². The molecule has 0 aliphatic rings. The van der Waals surface area contributed by atoms with Crippen molar-refractivity contribution in [1.82, 2.24) is 4.98 Å². The van der Waals surface area contributed by atoms with Crippen LogP contribution >= 0.6 is 0 Å². The molecular formula is C28H51NO. The molecule has 0 saturated carbocycles. The molecule has 3 atom stereocenters. The third kappa shape index (κ3) is 10.3. The van der Waals surface area contributed by atoms with Crippen molar-refractivity contribution < 1.29 is 4.74 Å². The molecule has 0 spiro atoms. The second kappa shape index (κ2) is 13.4. The molecule has 174 valence electrons. The molecule has 2 nitrogen and oxygen atoms in total. The van der Waals surface area contributed by atoms with Crippen molar-refractivity contribution in [3.63, 3.8) is 0 Å². The third-order valence-electron chi connectivity index (χ3n) is 6.98. The first kappa shape index (κ1) is 27.0. The van der Waals surface area contributed by atoms with Gasteiger partial charge in [0.2, 0.25) is 5.88 Å². The van der Waals surface area contributed by atoms with Crippen LogP contribution in [0, 0.1) is 38.5 Å². The molecule has 30 heavy (non-hydrogen) atoms. The standard InChI is InChI=1S/C28H51NO/c1-10-28(9,30-27-26(8)24(6)20-25(7)29-27)19-13-18-23(5)17-12-16-22(4)15-11-14-21(2)3/h20-23H,10-19H2,1-9H3. The highest BCUT2D eigenvalue weighted by molar-refractivity contribution is 5.34. The number of hydrogen-bond donors (Lipinski definition) is 0. The fraction of sp³-hybridized carbons (Fsp3) is 0.821. The summed E-state index contributed by atoms with van der Waals surface area (Å²) in [5.74, 6) is 3.39. The van der Waals surface area contributed by atoms with Crippen LogP contribution in [0.15, 0.2) is 6.07 Å². The van der Waals surface area contributed by atoms with Crippen LogP contribution in [0.2, 0.25) is 0 Å². The summed E-state index contributed by atoms with van der Waals surface area (Å²) in [6.45, 7) is 20.4. The molecule has 3 unspecified atom stereocenters. The van der Waals surface area contributed by atoms with E-state index in [1.54, 1.807) is 0 Å². The molecule has 1 aromatic rings. The van der Waals surface area contributed by atoms with E-state index < -0.39 is 0 Å². The molecule has 0 fully saturated rings. The molecule has 0 aliphatic heterocycles. The minimum absolute atomic E-state index is 0.122. The van der Waals surface area contributed by atoms with Gasteiger partial charge < -0.3 is 4.74 Å². The van der Waals surface area contributed by atoms with Gasteiger partial charge in [-0.3, -0.25) is 0 Å². The first-order valence-corrected chi connectivity index (χ1v) is 12.7. The summed E-state index contributed by atoms with van der Waals surface area (Å²) in [6.07, 6.45) is 13.0. The smallest absolute Gasteiger partial charge is 0.217 e. The molecule has 2 heteroatoms. The van der Waals surface area contributed by atoms with Crippen molar-refractivity contribution in [1.29, 1.82) is 0 Å². The molecular weight excluding hydrogens is 366 g/mol. The second-order valence-corrected chi connectivity index (χ2v) is 10.8. The van der Waals surface area contributed by atoms with Gasteiger partial charge in [0.05, 0.1) is 0 Å². The van der Waals surface area contributed by atoms with Gasteiger partial charge in [-0.1, -0.05) is 79.6 Å². The maximum absolute atomic E-state index is 6.48. The van der Waals surface area contributed by atoms with Crippen LogP contribution in [-0.4, -0.2) is 10.6 Å². The fourth-order valence-corrected chi connectivity index (χ4v) is 4.30. The van der Waals surface area contributed by atoms with E-state index in [2.05, 4.69) is 73.4 Å².